The Morgan fingerprint density at radius 3 is 2.46 bits per heavy atom. The minimum atomic E-state index is -0.250. The summed E-state index contributed by atoms with van der Waals surface area (Å²) >= 11 is 0. The maximum atomic E-state index is 12.7. The minimum absolute atomic E-state index is 0. The summed E-state index contributed by atoms with van der Waals surface area (Å²) in [6.45, 7) is 1.64. The van der Waals surface area contributed by atoms with Gasteiger partial charge < -0.3 is 10.1 Å². The van der Waals surface area contributed by atoms with E-state index in [-0.39, 0.29) is 30.4 Å². The number of benzene rings is 3. The standard InChI is InChI=1S/C22H21NO2.ClH/c24-22(19-11-10-16-6-4-5-9-18(16)14-19)25-21-15-23-13-12-20(21)17-7-2-1-3-8-17;/h1-11,14,20-21,23H,12-13,15H2;1H/t20-,21+;/m1./s1. The Morgan fingerprint density at radius 1 is 0.923 bits per heavy atom. The Hall–Kier alpha value is -2.36. The van der Waals surface area contributed by atoms with E-state index in [0.717, 1.165) is 23.7 Å². The van der Waals surface area contributed by atoms with E-state index in [1.807, 2.05) is 60.7 Å². The predicted octanol–water partition coefficient (Wildman–Crippen LogP) is 4.56. The van der Waals surface area contributed by atoms with E-state index in [9.17, 15) is 4.79 Å². The van der Waals surface area contributed by atoms with Crippen molar-refractivity contribution in [2.75, 3.05) is 13.1 Å². The van der Waals surface area contributed by atoms with Gasteiger partial charge in [-0.15, -0.1) is 12.4 Å². The average Bonchev–Trinajstić information content (AvgIpc) is 2.68. The molecule has 4 rings (SSSR count). The van der Waals surface area contributed by atoms with Gasteiger partial charge in [0.15, 0.2) is 0 Å². The van der Waals surface area contributed by atoms with Crippen molar-refractivity contribution in [3.8, 4) is 0 Å². The van der Waals surface area contributed by atoms with Crippen molar-refractivity contribution in [1.82, 2.24) is 5.32 Å². The number of esters is 1. The first-order valence-electron chi connectivity index (χ1n) is 8.77. The lowest BCUT2D eigenvalue weighted by molar-refractivity contribution is 0.0183. The largest absolute Gasteiger partial charge is 0.457 e. The molecule has 1 N–H and O–H groups in total. The molecule has 26 heavy (non-hydrogen) atoms. The fraction of sp³-hybridized carbons (Fsp3) is 0.227. The van der Waals surface area contributed by atoms with Crippen LogP contribution < -0.4 is 5.32 Å². The van der Waals surface area contributed by atoms with Crippen LogP contribution in [0.25, 0.3) is 10.8 Å². The van der Waals surface area contributed by atoms with Crippen molar-refractivity contribution in [3.63, 3.8) is 0 Å². The normalized spacial score (nSPS) is 19.5. The summed E-state index contributed by atoms with van der Waals surface area (Å²) in [5, 5.41) is 5.52. The Labute approximate surface area is 159 Å². The molecule has 1 fully saturated rings. The number of ether oxygens (including phenoxy) is 1. The summed E-state index contributed by atoms with van der Waals surface area (Å²) in [4.78, 5) is 12.7. The van der Waals surface area contributed by atoms with Crippen LogP contribution >= 0.6 is 12.4 Å². The van der Waals surface area contributed by atoms with Crippen LogP contribution in [0.1, 0.15) is 28.3 Å². The fourth-order valence-electron chi connectivity index (χ4n) is 3.56. The van der Waals surface area contributed by atoms with Crippen LogP contribution in [-0.2, 0) is 4.74 Å². The van der Waals surface area contributed by atoms with E-state index in [4.69, 9.17) is 4.74 Å². The SMILES string of the molecule is Cl.O=C(O[C@H]1CNCC[C@@H]1c1ccccc1)c1ccc2ccccc2c1. The highest BCUT2D eigenvalue weighted by molar-refractivity contribution is 5.95. The summed E-state index contributed by atoms with van der Waals surface area (Å²) < 4.78 is 5.89. The molecule has 4 heteroatoms. The Morgan fingerprint density at radius 2 is 1.65 bits per heavy atom. The van der Waals surface area contributed by atoms with Crippen LogP contribution in [-0.4, -0.2) is 25.2 Å². The number of carbonyl (C=O) groups excluding carboxylic acids is 1. The Kier molecular flexibility index (Phi) is 5.92. The van der Waals surface area contributed by atoms with Gasteiger partial charge in [0.25, 0.3) is 0 Å². The van der Waals surface area contributed by atoms with Gasteiger partial charge in [0.2, 0.25) is 0 Å². The molecule has 3 aromatic carbocycles. The lowest BCUT2D eigenvalue weighted by Gasteiger charge is -2.32. The van der Waals surface area contributed by atoms with E-state index in [1.54, 1.807) is 0 Å². The molecule has 134 valence electrons. The smallest absolute Gasteiger partial charge is 0.338 e. The zero-order valence-electron chi connectivity index (χ0n) is 14.4. The van der Waals surface area contributed by atoms with Gasteiger partial charge in [-0.1, -0.05) is 60.7 Å². The number of hydrogen-bond acceptors (Lipinski definition) is 3. The van der Waals surface area contributed by atoms with E-state index in [1.165, 1.54) is 5.56 Å². The first-order valence-corrected chi connectivity index (χ1v) is 8.77. The molecule has 0 unspecified atom stereocenters. The third-order valence-corrected chi connectivity index (χ3v) is 4.90. The third kappa shape index (κ3) is 3.90. The van der Waals surface area contributed by atoms with Gasteiger partial charge in [-0.25, -0.2) is 4.79 Å². The van der Waals surface area contributed by atoms with Crippen molar-refractivity contribution in [3.05, 3.63) is 83.9 Å². The number of fused-ring (bicyclic) bond motifs is 1. The molecule has 0 amide bonds. The van der Waals surface area contributed by atoms with Crippen LogP contribution in [0.15, 0.2) is 72.8 Å². The van der Waals surface area contributed by atoms with Gasteiger partial charge in [-0.2, -0.15) is 0 Å². The summed E-state index contributed by atoms with van der Waals surface area (Å²) in [7, 11) is 0. The van der Waals surface area contributed by atoms with Gasteiger partial charge in [-0.05, 0) is 41.4 Å². The number of rotatable bonds is 3. The molecule has 0 spiro atoms. The molecular formula is C22H22ClNO2. The van der Waals surface area contributed by atoms with E-state index < -0.39 is 0 Å². The second-order valence-electron chi connectivity index (χ2n) is 6.52. The molecule has 0 saturated carbocycles. The minimum Gasteiger partial charge on any atom is -0.457 e. The molecule has 2 atom stereocenters. The molecule has 3 nitrogen and oxygen atoms in total. The van der Waals surface area contributed by atoms with Crippen LogP contribution in [0.2, 0.25) is 0 Å². The number of nitrogens with one attached hydrogen (secondary N) is 1. The highest BCUT2D eigenvalue weighted by Gasteiger charge is 2.29. The monoisotopic (exact) mass is 367 g/mol. The first kappa shape index (κ1) is 18.4. The number of piperidine rings is 1. The molecule has 1 aliphatic heterocycles. The summed E-state index contributed by atoms with van der Waals surface area (Å²) in [6, 6.07) is 24.1. The van der Waals surface area contributed by atoms with Gasteiger partial charge in [0.1, 0.15) is 6.10 Å². The third-order valence-electron chi connectivity index (χ3n) is 4.90. The van der Waals surface area contributed by atoms with Gasteiger partial charge in [-0.3, -0.25) is 0 Å². The molecule has 3 aromatic rings. The van der Waals surface area contributed by atoms with E-state index in [2.05, 4.69) is 17.4 Å². The molecule has 1 aliphatic rings. The molecule has 1 saturated heterocycles. The maximum absolute atomic E-state index is 12.7. The van der Waals surface area contributed by atoms with Gasteiger partial charge in [0.05, 0.1) is 5.56 Å². The van der Waals surface area contributed by atoms with Gasteiger partial charge >= 0.3 is 5.97 Å². The number of hydrogen-bond donors (Lipinski definition) is 1. The zero-order valence-corrected chi connectivity index (χ0v) is 15.2. The van der Waals surface area contributed by atoms with Crippen LogP contribution in [0.4, 0.5) is 0 Å². The maximum Gasteiger partial charge on any atom is 0.338 e. The van der Waals surface area contributed by atoms with Crippen molar-refractivity contribution in [1.29, 1.82) is 0 Å². The molecule has 0 aromatic heterocycles. The average molecular weight is 368 g/mol. The Bertz CT molecular complexity index is 881. The highest BCUT2D eigenvalue weighted by atomic mass is 35.5. The fourth-order valence-corrected chi connectivity index (χ4v) is 3.56. The molecule has 0 radical (unpaired) electrons. The molecule has 0 aliphatic carbocycles. The van der Waals surface area contributed by atoms with E-state index >= 15 is 0 Å². The topological polar surface area (TPSA) is 38.3 Å². The quantitative estimate of drug-likeness (QED) is 0.689. The van der Waals surface area contributed by atoms with Gasteiger partial charge in [0, 0.05) is 12.5 Å². The Balaban J connectivity index is 0.00000196. The summed E-state index contributed by atoms with van der Waals surface area (Å²) in [6.07, 6.45) is 0.828. The van der Waals surface area contributed by atoms with Crippen LogP contribution in [0, 0.1) is 0 Å². The second kappa shape index (κ2) is 8.35. The van der Waals surface area contributed by atoms with E-state index in [0.29, 0.717) is 12.1 Å². The predicted molar refractivity (Wildman–Crippen MR) is 107 cm³/mol. The molecule has 0 bridgehead atoms. The van der Waals surface area contributed by atoms with Crippen LogP contribution in [0.5, 0.6) is 0 Å². The van der Waals surface area contributed by atoms with Crippen molar-refractivity contribution >= 4 is 29.1 Å². The van der Waals surface area contributed by atoms with Crippen LogP contribution in [0.3, 0.4) is 0 Å². The number of halogens is 1. The zero-order chi connectivity index (χ0) is 17.1. The molecule has 1 heterocycles. The lowest BCUT2D eigenvalue weighted by atomic mass is 9.88. The lowest BCUT2D eigenvalue weighted by Crippen LogP contribution is -2.42. The summed E-state index contributed by atoms with van der Waals surface area (Å²) in [5.74, 6) is -0.00718. The second-order valence-corrected chi connectivity index (χ2v) is 6.52. The highest BCUT2D eigenvalue weighted by Crippen LogP contribution is 2.28. The van der Waals surface area contributed by atoms with Crippen molar-refractivity contribution < 1.29 is 9.53 Å². The molecular weight excluding hydrogens is 346 g/mol. The van der Waals surface area contributed by atoms with Crippen molar-refractivity contribution in [2.45, 2.75) is 18.4 Å². The summed E-state index contributed by atoms with van der Waals surface area (Å²) in [5.41, 5.74) is 1.84. The first-order chi connectivity index (χ1) is 12.3. The van der Waals surface area contributed by atoms with Crippen molar-refractivity contribution in [2.24, 2.45) is 0 Å². The number of carbonyl (C=O) groups is 1.